The SMILES string of the molecule is Cc1nc(C)c(C(=O)N2CCC(c3nc(C(=O)Nc4ncc([N+](=O)[O-])s4)cs3)CC2)s1. The molecule has 1 aliphatic heterocycles. The lowest BCUT2D eigenvalue weighted by Crippen LogP contribution is -2.37. The van der Waals surface area contributed by atoms with Gasteiger partial charge in [-0.15, -0.1) is 22.7 Å². The van der Waals surface area contributed by atoms with Crippen LogP contribution in [0.1, 0.15) is 54.6 Å². The minimum Gasteiger partial charge on any atom is -0.338 e. The molecule has 0 unspecified atom stereocenters. The molecule has 4 rings (SSSR count). The minimum absolute atomic E-state index is 0.0262. The van der Waals surface area contributed by atoms with Crippen molar-refractivity contribution in [1.29, 1.82) is 0 Å². The Morgan fingerprint density at radius 1 is 1.23 bits per heavy atom. The topological polar surface area (TPSA) is 131 Å². The normalized spacial score (nSPS) is 14.6. The van der Waals surface area contributed by atoms with Crippen molar-refractivity contribution in [2.24, 2.45) is 0 Å². The Hall–Kier alpha value is -2.77. The van der Waals surface area contributed by atoms with E-state index in [4.69, 9.17) is 0 Å². The van der Waals surface area contributed by atoms with Gasteiger partial charge in [-0.1, -0.05) is 0 Å². The number of aryl methyl sites for hydroxylation is 2. The average Bonchev–Trinajstić information content (AvgIpc) is 3.47. The number of amides is 2. The number of nitro groups is 1. The summed E-state index contributed by atoms with van der Waals surface area (Å²) >= 11 is 3.63. The second kappa shape index (κ2) is 8.77. The highest BCUT2D eigenvalue weighted by molar-refractivity contribution is 7.18. The number of thiazole rings is 3. The fourth-order valence-corrected chi connectivity index (χ4v) is 5.84. The molecule has 10 nitrogen and oxygen atoms in total. The molecule has 0 saturated carbocycles. The van der Waals surface area contributed by atoms with Crippen molar-refractivity contribution >= 4 is 56.0 Å². The molecule has 31 heavy (non-hydrogen) atoms. The number of piperidine rings is 1. The smallest absolute Gasteiger partial charge is 0.338 e. The van der Waals surface area contributed by atoms with Gasteiger partial charge in [0, 0.05) is 24.4 Å². The van der Waals surface area contributed by atoms with Crippen LogP contribution in [0, 0.1) is 24.0 Å². The van der Waals surface area contributed by atoms with Gasteiger partial charge in [-0.25, -0.2) is 15.0 Å². The predicted molar refractivity (Wildman–Crippen MR) is 118 cm³/mol. The molecule has 1 saturated heterocycles. The van der Waals surface area contributed by atoms with E-state index in [1.807, 2.05) is 18.7 Å². The van der Waals surface area contributed by atoms with E-state index in [1.54, 1.807) is 5.38 Å². The maximum Gasteiger partial charge on any atom is 0.345 e. The third-order valence-electron chi connectivity index (χ3n) is 4.88. The van der Waals surface area contributed by atoms with Crippen LogP contribution in [0.25, 0.3) is 0 Å². The molecule has 162 valence electrons. The molecule has 13 heteroatoms. The lowest BCUT2D eigenvalue weighted by atomic mass is 9.97. The number of hydrogen-bond acceptors (Lipinski definition) is 10. The highest BCUT2D eigenvalue weighted by atomic mass is 32.1. The van der Waals surface area contributed by atoms with E-state index in [-0.39, 0.29) is 27.7 Å². The first-order valence-electron chi connectivity index (χ1n) is 9.42. The van der Waals surface area contributed by atoms with Gasteiger partial charge in [-0.05, 0) is 38.0 Å². The van der Waals surface area contributed by atoms with Crippen molar-refractivity contribution in [1.82, 2.24) is 19.9 Å². The van der Waals surface area contributed by atoms with Gasteiger partial charge in [0.1, 0.15) is 16.8 Å². The van der Waals surface area contributed by atoms with Gasteiger partial charge in [0.2, 0.25) is 0 Å². The highest BCUT2D eigenvalue weighted by Crippen LogP contribution is 2.32. The number of aromatic nitrogens is 3. The van der Waals surface area contributed by atoms with Crippen LogP contribution >= 0.6 is 34.0 Å². The first kappa shape index (κ1) is 21.5. The first-order chi connectivity index (χ1) is 14.8. The Kier molecular flexibility index (Phi) is 6.07. The van der Waals surface area contributed by atoms with Gasteiger partial charge in [-0.2, -0.15) is 0 Å². The first-order valence-corrected chi connectivity index (χ1v) is 11.9. The van der Waals surface area contributed by atoms with Gasteiger partial charge in [0.15, 0.2) is 5.13 Å². The second-order valence-electron chi connectivity index (χ2n) is 7.00. The van der Waals surface area contributed by atoms with Crippen LogP contribution in [-0.4, -0.2) is 49.7 Å². The van der Waals surface area contributed by atoms with E-state index < -0.39 is 10.8 Å². The van der Waals surface area contributed by atoms with Crippen LogP contribution in [0.15, 0.2) is 11.6 Å². The Bertz CT molecular complexity index is 1150. The van der Waals surface area contributed by atoms with Crippen molar-refractivity contribution < 1.29 is 14.5 Å². The lowest BCUT2D eigenvalue weighted by Gasteiger charge is -2.30. The summed E-state index contributed by atoms with van der Waals surface area (Å²) in [5, 5.41) is 16.7. The van der Waals surface area contributed by atoms with Gasteiger partial charge >= 0.3 is 5.00 Å². The standard InChI is InChI=1S/C18H18N6O4S3/c1-9-14(30-10(2)20-9)17(26)23-5-3-11(4-6-23)16-21-12(8-29-16)15(25)22-18-19-7-13(31-18)24(27)28/h7-8,11H,3-6H2,1-2H3,(H,19,22,25). The molecule has 0 atom stereocenters. The number of hydrogen-bond donors (Lipinski definition) is 1. The molecule has 2 amide bonds. The number of rotatable bonds is 5. The van der Waals surface area contributed by atoms with Crippen molar-refractivity contribution in [3.05, 3.63) is 48.0 Å². The number of nitrogens with zero attached hydrogens (tertiary/aromatic N) is 5. The van der Waals surface area contributed by atoms with Crippen LogP contribution < -0.4 is 5.32 Å². The highest BCUT2D eigenvalue weighted by Gasteiger charge is 2.28. The molecule has 1 N–H and O–H groups in total. The van der Waals surface area contributed by atoms with Crippen LogP contribution in [0.3, 0.4) is 0 Å². The molecule has 1 aliphatic rings. The molecule has 0 aromatic carbocycles. The van der Waals surface area contributed by atoms with Crippen LogP contribution in [0.5, 0.6) is 0 Å². The summed E-state index contributed by atoms with van der Waals surface area (Å²) < 4.78 is 0. The van der Waals surface area contributed by atoms with Gasteiger partial charge < -0.3 is 4.90 Å². The largest absolute Gasteiger partial charge is 0.345 e. The van der Waals surface area contributed by atoms with Crippen LogP contribution in [-0.2, 0) is 0 Å². The zero-order valence-electron chi connectivity index (χ0n) is 16.7. The zero-order valence-corrected chi connectivity index (χ0v) is 19.1. The molecule has 3 aromatic heterocycles. The summed E-state index contributed by atoms with van der Waals surface area (Å²) in [6.45, 7) is 5.01. The molecule has 0 spiro atoms. The number of carbonyl (C=O) groups is 2. The fraction of sp³-hybridized carbons (Fsp3) is 0.389. The van der Waals surface area contributed by atoms with Gasteiger partial charge in [0.05, 0.1) is 20.6 Å². The third-order valence-corrected chi connectivity index (χ3v) is 7.81. The average molecular weight is 479 g/mol. The fourth-order valence-electron chi connectivity index (χ4n) is 3.35. The van der Waals surface area contributed by atoms with Crippen molar-refractivity contribution in [3.63, 3.8) is 0 Å². The van der Waals surface area contributed by atoms with Crippen LogP contribution in [0.2, 0.25) is 0 Å². The van der Waals surface area contributed by atoms with E-state index in [0.29, 0.717) is 18.0 Å². The van der Waals surface area contributed by atoms with Gasteiger partial charge in [0.25, 0.3) is 11.8 Å². The summed E-state index contributed by atoms with van der Waals surface area (Å²) in [4.78, 5) is 50.5. The molecule has 3 aromatic rings. The van der Waals surface area contributed by atoms with E-state index in [2.05, 4.69) is 20.3 Å². The number of nitrogens with one attached hydrogen (secondary N) is 1. The molecule has 0 bridgehead atoms. The Morgan fingerprint density at radius 3 is 2.58 bits per heavy atom. The summed E-state index contributed by atoms with van der Waals surface area (Å²) in [6, 6.07) is 0. The summed E-state index contributed by atoms with van der Waals surface area (Å²) in [5.41, 5.74) is 1.03. The Balaban J connectivity index is 1.35. The Labute approximate surface area is 189 Å². The van der Waals surface area contributed by atoms with Crippen LogP contribution in [0.4, 0.5) is 10.1 Å². The molecule has 1 fully saturated rings. The van der Waals surface area contributed by atoms with E-state index in [1.165, 1.54) is 22.7 Å². The number of likely N-dealkylation sites (tertiary alicyclic amines) is 1. The number of anilines is 1. The molecule has 0 radical (unpaired) electrons. The zero-order chi connectivity index (χ0) is 22.1. The lowest BCUT2D eigenvalue weighted by molar-refractivity contribution is -0.380. The van der Waals surface area contributed by atoms with E-state index in [9.17, 15) is 19.7 Å². The maximum atomic E-state index is 12.8. The summed E-state index contributed by atoms with van der Waals surface area (Å²) in [7, 11) is 0. The predicted octanol–water partition coefficient (Wildman–Crippen LogP) is 3.85. The maximum absolute atomic E-state index is 12.8. The van der Waals surface area contributed by atoms with Crippen molar-refractivity contribution in [2.75, 3.05) is 18.4 Å². The van der Waals surface area contributed by atoms with E-state index in [0.717, 1.165) is 46.1 Å². The number of carbonyl (C=O) groups excluding carboxylic acids is 2. The molecule has 0 aliphatic carbocycles. The Morgan fingerprint density at radius 2 is 1.97 bits per heavy atom. The third kappa shape index (κ3) is 4.62. The monoisotopic (exact) mass is 478 g/mol. The minimum atomic E-state index is -0.553. The van der Waals surface area contributed by atoms with Crippen molar-refractivity contribution in [3.8, 4) is 0 Å². The van der Waals surface area contributed by atoms with Gasteiger partial charge in [-0.3, -0.25) is 25.0 Å². The molecular weight excluding hydrogens is 460 g/mol. The summed E-state index contributed by atoms with van der Waals surface area (Å²) in [6.07, 6.45) is 2.66. The van der Waals surface area contributed by atoms with E-state index >= 15 is 0 Å². The second-order valence-corrected chi connectivity index (χ2v) is 10.1. The molecule has 4 heterocycles. The summed E-state index contributed by atoms with van der Waals surface area (Å²) in [5.74, 6) is -0.241. The van der Waals surface area contributed by atoms with Crippen molar-refractivity contribution in [2.45, 2.75) is 32.6 Å². The molecular formula is C18H18N6O4S3. The quantitative estimate of drug-likeness (QED) is 0.435.